The van der Waals surface area contributed by atoms with Gasteiger partial charge in [0.15, 0.2) is 0 Å². The normalized spacial score (nSPS) is 20.4. The highest BCUT2D eigenvalue weighted by molar-refractivity contribution is 7.07. The summed E-state index contributed by atoms with van der Waals surface area (Å²) in [5, 5.41) is 4.27. The highest BCUT2D eigenvalue weighted by atomic mass is 32.1. The Kier molecular flexibility index (Phi) is 3.41. The summed E-state index contributed by atoms with van der Waals surface area (Å²) in [6, 6.07) is 6.53. The molecule has 2 aromatic heterocycles. The molecule has 2 unspecified atom stereocenters. The van der Waals surface area contributed by atoms with E-state index in [4.69, 9.17) is 5.84 Å². The van der Waals surface area contributed by atoms with Crippen LogP contribution in [-0.4, -0.2) is 4.98 Å². The van der Waals surface area contributed by atoms with Crippen LogP contribution < -0.4 is 11.3 Å². The maximum Gasteiger partial charge on any atom is 0.0551 e. The zero-order valence-electron chi connectivity index (χ0n) is 10.2. The van der Waals surface area contributed by atoms with Crippen LogP contribution in [0.5, 0.6) is 0 Å². The van der Waals surface area contributed by atoms with E-state index in [9.17, 15) is 0 Å². The number of nitrogens with one attached hydrogen (secondary N) is 1. The minimum absolute atomic E-state index is 0.171. The molecule has 94 valence electrons. The highest BCUT2D eigenvalue weighted by Gasteiger charge is 2.29. The van der Waals surface area contributed by atoms with Crippen molar-refractivity contribution in [1.29, 1.82) is 0 Å². The molecule has 0 saturated carbocycles. The van der Waals surface area contributed by atoms with Crippen molar-refractivity contribution >= 4 is 11.3 Å². The Morgan fingerprint density at radius 3 is 3.17 bits per heavy atom. The Morgan fingerprint density at radius 2 is 2.39 bits per heavy atom. The molecule has 0 amide bonds. The fourth-order valence-corrected chi connectivity index (χ4v) is 3.56. The smallest absolute Gasteiger partial charge is 0.0551 e. The van der Waals surface area contributed by atoms with Crippen LogP contribution in [0.4, 0.5) is 0 Å². The lowest BCUT2D eigenvalue weighted by atomic mass is 9.80. The van der Waals surface area contributed by atoms with Crippen LogP contribution in [0.2, 0.25) is 0 Å². The molecular weight excluding hydrogens is 242 g/mol. The molecule has 0 fully saturated rings. The zero-order valence-corrected chi connectivity index (χ0v) is 11.0. The lowest BCUT2D eigenvalue weighted by Crippen LogP contribution is -2.34. The van der Waals surface area contributed by atoms with E-state index in [0.717, 1.165) is 12.8 Å². The topological polar surface area (TPSA) is 50.9 Å². The molecule has 3 rings (SSSR count). The number of pyridine rings is 1. The summed E-state index contributed by atoms with van der Waals surface area (Å²) in [7, 11) is 0. The molecule has 1 aliphatic carbocycles. The number of nitrogens with zero attached hydrogens (tertiary/aromatic N) is 1. The minimum atomic E-state index is 0.171. The standard InChI is InChI=1S/C14H17N3S/c15-17-14(11-6-8-18-9-11)12-5-1-3-10-4-2-7-16-13(10)12/h2,4,6-9,12,14,17H,1,3,5,15H2. The van der Waals surface area contributed by atoms with Gasteiger partial charge < -0.3 is 0 Å². The van der Waals surface area contributed by atoms with Crippen molar-refractivity contribution in [3.63, 3.8) is 0 Å². The van der Waals surface area contributed by atoms with Crippen LogP contribution in [-0.2, 0) is 6.42 Å². The molecule has 2 atom stereocenters. The van der Waals surface area contributed by atoms with Crippen LogP contribution in [0.1, 0.15) is 41.6 Å². The average Bonchev–Trinajstić information content (AvgIpc) is 2.94. The van der Waals surface area contributed by atoms with Gasteiger partial charge in [0.25, 0.3) is 0 Å². The molecule has 0 radical (unpaired) electrons. The van der Waals surface area contributed by atoms with Gasteiger partial charge in [0.1, 0.15) is 0 Å². The summed E-state index contributed by atoms with van der Waals surface area (Å²) < 4.78 is 0. The summed E-state index contributed by atoms with van der Waals surface area (Å²) in [6.45, 7) is 0. The van der Waals surface area contributed by atoms with E-state index in [0.29, 0.717) is 5.92 Å². The molecule has 3 nitrogen and oxygen atoms in total. The summed E-state index contributed by atoms with van der Waals surface area (Å²) in [5.41, 5.74) is 6.85. The van der Waals surface area contributed by atoms with E-state index in [1.807, 2.05) is 12.3 Å². The van der Waals surface area contributed by atoms with Crippen molar-refractivity contribution in [2.75, 3.05) is 0 Å². The maximum absolute atomic E-state index is 5.78. The molecule has 3 N–H and O–H groups in total. The molecule has 0 saturated heterocycles. The van der Waals surface area contributed by atoms with Crippen molar-refractivity contribution < 1.29 is 0 Å². The van der Waals surface area contributed by atoms with Crippen molar-refractivity contribution in [2.24, 2.45) is 5.84 Å². The van der Waals surface area contributed by atoms with E-state index in [-0.39, 0.29) is 6.04 Å². The number of fused-ring (bicyclic) bond motifs is 1. The van der Waals surface area contributed by atoms with Crippen LogP contribution >= 0.6 is 11.3 Å². The molecule has 0 bridgehead atoms. The lowest BCUT2D eigenvalue weighted by molar-refractivity contribution is 0.400. The quantitative estimate of drug-likeness (QED) is 0.658. The largest absolute Gasteiger partial charge is 0.271 e. The SMILES string of the molecule is NNC(c1ccsc1)C1CCCc2cccnc21. The van der Waals surface area contributed by atoms with Crippen LogP contribution in [0.3, 0.4) is 0 Å². The van der Waals surface area contributed by atoms with Gasteiger partial charge in [-0.15, -0.1) is 0 Å². The van der Waals surface area contributed by atoms with Gasteiger partial charge in [-0.1, -0.05) is 6.07 Å². The van der Waals surface area contributed by atoms with Gasteiger partial charge >= 0.3 is 0 Å². The zero-order chi connectivity index (χ0) is 12.4. The third kappa shape index (κ3) is 2.07. The summed E-state index contributed by atoms with van der Waals surface area (Å²) in [6.07, 6.45) is 5.39. The predicted molar refractivity (Wildman–Crippen MR) is 74.3 cm³/mol. The third-order valence-corrected chi connectivity index (χ3v) is 4.42. The fraction of sp³-hybridized carbons (Fsp3) is 0.357. The van der Waals surface area contributed by atoms with E-state index in [1.165, 1.54) is 23.2 Å². The molecule has 2 heterocycles. The minimum Gasteiger partial charge on any atom is -0.271 e. The van der Waals surface area contributed by atoms with Gasteiger partial charge in [-0.05, 0) is 53.3 Å². The average molecular weight is 259 g/mol. The molecule has 4 heteroatoms. The first-order chi connectivity index (χ1) is 8.90. The number of hydrogen-bond acceptors (Lipinski definition) is 4. The number of aryl methyl sites for hydroxylation is 1. The van der Waals surface area contributed by atoms with Crippen LogP contribution in [0.25, 0.3) is 0 Å². The molecule has 0 spiro atoms. The molecule has 0 aliphatic heterocycles. The van der Waals surface area contributed by atoms with Crippen LogP contribution in [0, 0.1) is 0 Å². The van der Waals surface area contributed by atoms with E-state index >= 15 is 0 Å². The number of hydrogen-bond donors (Lipinski definition) is 2. The van der Waals surface area contributed by atoms with Gasteiger partial charge in [0.2, 0.25) is 0 Å². The number of nitrogens with two attached hydrogens (primary N) is 1. The summed E-state index contributed by atoms with van der Waals surface area (Å²) in [5.74, 6) is 6.16. The molecule has 2 aromatic rings. The van der Waals surface area contributed by atoms with Gasteiger partial charge in [0, 0.05) is 17.8 Å². The van der Waals surface area contributed by atoms with Crippen molar-refractivity contribution in [3.8, 4) is 0 Å². The van der Waals surface area contributed by atoms with Gasteiger partial charge in [-0.2, -0.15) is 11.3 Å². The highest BCUT2D eigenvalue weighted by Crippen LogP contribution is 2.39. The Labute approximate surface area is 111 Å². The Bertz CT molecular complexity index is 510. The first kappa shape index (κ1) is 11.8. The van der Waals surface area contributed by atoms with Crippen LogP contribution in [0.15, 0.2) is 35.2 Å². The maximum atomic E-state index is 5.78. The second-order valence-electron chi connectivity index (χ2n) is 4.75. The lowest BCUT2D eigenvalue weighted by Gasteiger charge is -2.30. The van der Waals surface area contributed by atoms with E-state index < -0.39 is 0 Å². The Morgan fingerprint density at radius 1 is 1.44 bits per heavy atom. The molecule has 1 aliphatic rings. The first-order valence-corrected chi connectivity index (χ1v) is 7.26. The van der Waals surface area contributed by atoms with Crippen molar-refractivity contribution in [3.05, 3.63) is 52.0 Å². The van der Waals surface area contributed by atoms with Gasteiger partial charge in [0.05, 0.1) is 6.04 Å². The molecular formula is C14H17N3S. The number of rotatable bonds is 3. The van der Waals surface area contributed by atoms with Crippen molar-refractivity contribution in [2.45, 2.75) is 31.2 Å². The second kappa shape index (κ2) is 5.18. The summed E-state index contributed by atoms with van der Waals surface area (Å²) >= 11 is 1.71. The monoisotopic (exact) mass is 259 g/mol. The molecule has 0 aromatic carbocycles. The second-order valence-corrected chi connectivity index (χ2v) is 5.53. The first-order valence-electron chi connectivity index (χ1n) is 6.32. The van der Waals surface area contributed by atoms with E-state index in [1.54, 1.807) is 11.3 Å². The van der Waals surface area contributed by atoms with Gasteiger partial charge in [-0.3, -0.25) is 16.3 Å². The van der Waals surface area contributed by atoms with E-state index in [2.05, 4.69) is 33.3 Å². The predicted octanol–water partition coefficient (Wildman–Crippen LogP) is 2.77. The van der Waals surface area contributed by atoms with Gasteiger partial charge in [-0.25, -0.2) is 0 Å². The third-order valence-electron chi connectivity index (χ3n) is 3.72. The fourth-order valence-electron chi connectivity index (χ4n) is 2.87. The summed E-state index contributed by atoms with van der Waals surface area (Å²) in [4.78, 5) is 4.59. The number of aromatic nitrogens is 1. The van der Waals surface area contributed by atoms with Crippen molar-refractivity contribution in [1.82, 2.24) is 10.4 Å². The number of hydrazine groups is 1. The number of thiophene rings is 1. The Balaban J connectivity index is 1.97. The Hall–Kier alpha value is -1.23. The molecule has 18 heavy (non-hydrogen) atoms.